The number of phenols is 1. The van der Waals surface area contributed by atoms with Gasteiger partial charge in [0.25, 0.3) is 0 Å². The maximum Gasteiger partial charge on any atom is 0.115 e. The molecule has 17 heavy (non-hydrogen) atoms. The van der Waals surface area contributed by atoms with Gasteiger partial charge < -0.3 is 10.0 Å². The van der Waals surface area contributed by atoms with Crippen LogP contribution in [0.1, 0.15) is 30.9 Å². The van der Waals surface area contributed by atoms with Crippen molar-refractivity contribution in [3.05, 3.63) is 29.3 Å². The van der Waals surface area contributed by atoms with Crippen molar-refractivity contribution in [2.75, 3.05) is 20.1 Å². The lowest BCUT2D eigenvalue weighted by atomic mass is 9.66. The highest BCUT2D eigenvalue weighted by Gasteiger charge is 2.40. The van der Waals surface area contributed by atoms with Crippen molar-refractivity contribution < 1.29 is 10.0 Å². The van der Waals surface area contributed by atoms with Crippen molar-refractivity contribution in [3.63, 3.8) is 0 Å². The Hall–Kier alpha value is -1.02. The maximum atomic E-state index is 9.72. The van der Waals surface area contributed by atoms with E-state index in [9.17, 15) is 5.11 Å². The Balaban J connectivity index is 2.07. The molecule has 2 bridgehead atoms. The summed E-state index contributed by atoms with van der Waals surface area (Å²) in [5, 5.41) is 9.72. The monoisotopic (exact) mass is 232 g/mol. The number of quaternary nitrogens is 1. The molecule has 1 fully saturated rings. The van der Waals surface area contributed by atoms with E-state index in [0.29, 0.717) is 5.75 Å². The van der Waals surface area contributed by atoms with Gasteiger partial charge in [0.2, 0.25) is 0 Å². The van der Waals surface area contributed by atoms with Crippen LogP contribution in [0.5, 0.6) is 5.75 Å². The summed E-state index contributed by atoms with van der Waals surface area (Å²) in [4.78, 5) is 1.66. The Morgan fingerprint density at radius 1 is 1.41 bits per heavy atom. The van der Waals surface area contributed by atoms with Gasteiger partial charge in [-0.1, -0.05) is 13.0 Å². The molecule has 2 N–H and O–H groups in total. The number of hydrogen-bond donors (Lipinski definition) is 2. The Labute approximate surface area is 103 Å². The third-order valence-corrected chi connectivity index (χ3v) is 4.73. The van der Waals surface area contributed by atoms with Crippen LogP contribution >= 0.6 is 0 Å². The van der Waals surface area contributed by atoms with Crippen LogP contribution in [-0.2, 0) is 11.8 Å². The molecule has 1 unspecified atom stereocenters. The largest absolute Gasteiger partial charge is 0.508 e. The van der Waals surface area contributed by atoms with Gasteiger partial charge in [-0.3, -0.25) is 0 Å². The normalized spacial score (nSPS) is 36.1. The van der Waals surface area contributed by atoms with Crippen LogP contribution in [0.4, 0.5) is 0 Å². The highest BCUT2D eigenvalue weighted by molar-refractivity contribution is 5.42. The molecule has 0 radical (unpaired) electrons. The first-order valence-electron chi connectivity index (χ1n) is 6.70. The minimum absolute atomic E-state index is 0.286. The van der Waals surface area contributed by atoms with Gasteiger partial charge in [0.15, 0.2) is 0 Å². The summed E-state index contributed by atoms with van der Waals surface area (Å²) >= 11 is 0. The van der Waals surface area contributed by atoms with Crippen LogP contribution < -0.4 is 4.90 Å². The first-order chi connectivity index (χ1) is 8.07. The first kappa shape index (κ1) is 11.1. The van der Waals surface area contributed by atoms with Gasteiger partial charge >= 0.3 is 0 Å². The molecule has 2 aliphatic rings. The van der Waals surface area contributed by atoms with Gasteiger partial charge in [-0.05, 0) is 41.5 Å². The second-order valence-corrected chi connectivity index (χ2v) is 6.34. The van der Waals surface area contributed by atoms with Crippen molar-refractivity contribution in [3.8, 4) is 5.75 Å². The quantitative estimate of drug-likeness (QED) is 0.688. The minimum Gasteiger partial charge on any atom is -0.508 e. The van der Waals surface area contributed by atoms with Gasteiger partial charge in [-0.15, -0.1) is 0 Å². The number of rotatable bonds is 0. The fourth-order valence-corrected chi connectivity index (χ4v) is 3.90. The summed E-state index contributed by atoms with van der Waals surface area (Å²) in [5.41, 5.74) is 3.16. The van der Waals surface area contributed by atoms with E-state index in [0.717, 1.165) is 5.92 Å². The molecule has 0 aromatic heterocycles. The molecule has 3 atom stereocenters. The van der Waals surface area contributed by atoms with Crippen LogP contribution in [0.15, 0.2) is 18.2 Å². The fraction of sp³-hybridized carbons (Fsp3) is 0.600. The maximum absolute atomic E-state index is 9.72. The van der Waals surface area contributed by atoms with Crippen LogP contribution in [0.25, 0.3) is 0 Å². The van der Waals surface area contributed by atoms with E-state index in [-0.39, 0.29) is 5.41 Å². The van der Waals surface area contributed by atoms with Crippen LogP contribution in [0.3, 0.4) is 0 Å². The van der Waals surface area contributed by atoms with Gasteiger partial charge in [0.1, 0.15) is 5.75 Å². The van der Waals surface area contributed by atoms with Crippen LogP contribution in [0, 0.1) is 5.92 Å². The Morgan fingerprint density at radius 2 is 2.24 bits per heavy atom. The lowest BCUT2D eigenvalue weighted by Crippen LogP contribution is -3.09. The standard InChI is InChI=1S/C15H21NO/c1-15-5-6-16(2)10-11(9-15)7-12-3-4-13(17)8-14(12)15/h3-4,8,11,17H,5-7,9-10H2,1-2H3/p+1/t11-,15-/m1/s1. The molecule has 0 saturated carbocycles. The third-order valence-electron chi connectivity index (χ3n) is 4.73. The fourth-order valence-electron chi connectivity index (χ4n) is 3.90. The zero-order chi connectivity index (χ0) is 12.0. The summed E-state index contributed by atoms with van der Waals surface area (Å²) < 4.78 is 0. The van der Waals surface area contributed by atoms with Gasteiger partial charge in [-0.2, -0.15) is 0 Å². The van der Waals surface area contributed by atoms with Crippen LogP contribution in [-0.4, -0.2) is 25.2 Å². The number of likely N-dealkylation sites (tertiary alicyclic amines) is 1. The number of benzene rings is 1. The SMILES string of the molecule is C[NH+]1CC[C@]2(C)C[C@@H](Cc3ccc(O)cc32)C1. The smallest absolute Gasteiger partial charge is 0.115 e. The van der Waals surface area contributed by atoms with E-state index in [1.807, 2.05) is 12.1 Å². The summed E-state index contributed by atoms with van der Waals surface area (Å²) in [5.74, 6) is 1.24. The molecule has 2 heteroatoms. The van der Waals surface area contributed by atoms with E-state index >= 15 is 0 Å². The third kappa shape index (κ3) is 1.85. The lowest BCUT2D eigenvalue weighted by Gasteiger charge is -2.37. The Kier molecular flexibility index (Phi) is 2.44. The molecule has 1 aromatic rings. The summed E-state index contributed by atoms with van der Waals surface area (Å²) in [6.07, 6.45) is 3.73. The highest BCUT2D eigenvalue weighted by atomic mass is 16.3. The second-order valence-electron chi connectivity index (χ2n) is 6.34. The topological polar surface area (TPSA) is 24.7 Å². The van der Waals surface area contributed by atoms with E-state index < -0.39 is 0 Å². The van der Waals surface area contributed by atoms with Crippen molar-refractivity contribution in [2.24, 2.45) is 5.92 Å². The number of hydrogen-bond acceptors (Lipinski definition) is 1. The van der Waals surface area contributed by atoms with Crippen molar-refractivity contribution in [1.82, 2.24) is 0 Å². The number of fused-ring (bicyclic) bond motifs is 4. The minimum atomic E-state index is 0.286. The molecule has 2 nitrogen and oxygen atoms in total. The summed E-state index contributed by atoms with van der Waals surface area (Å²) in [6, 6.07) is 5.98. The Bertz CT molecular complexity index is 443. The molecule has 1 heterocycles. The second kappa shape index (κ2) is 3.74. The molecule has 3 rings (SSSR count). The molecular formula is C15H22NO+. The predicted molar refractivity (Wildman–Crippen MR) is 68.5 cm³/mol. The zero-order valence-electron chi connectivity index (χ0n) is 10.8. The van der Waals surface area contributed by atoms with E-state index in [2.05, 4.69) is 20.0 Å². The molecule has 1 aromatic carbocycles. The van der Waals surface area contributed by atoms with Crippen molar-refractivity contribution in [2.45, 2.75) is 31.6 Å². The van der Waals surface area contributed by atoms with E-state index in [1.165, 1.54) is 43.5 Å². The number of aromatic hydroxyl groups is 1. The molecule has 92 valence electrons. The van der Waals surface area contributed by atoms with Gasteiger partial charge in [0, 0.05) is 12.3 Å². The van der Waals surface area contributed by atoms with E-state index in [4.69, 9.17) is 0 Å². The average molecular weight is 232 g/mol. The number of phenolic OH excluding ortho intramolecular Hbond substituents is 1. The first-order valence-corrected chi connectivity index (χ1v) is 6.70. The number of nitrogens with one attached hydrogen (secondary N) is 1. The zero-order valence-corrected chi connectivity index (χ0v) is 10.8. The Morgan fingerprint density at radius 3 is 3.06 bits per heavy atom. The molecular weight excluding hydrogens is 210 g/mol. The van der Waals surface area contributed by atoms with Gasteiger partial charge in [0.05, 0.1) is 20.1 Å². The van der Waals surface area contributed by atoms with Gasteiger partial charge in [-0.25, -0.2) is 0 Å². The lowest BCUT2D eigenvalue weighted by molar-refractivity contribution is -0.882. The molecule has 1 aliphatic heterocycles. The van der Waals surface area contributed by atoms with Crippen molar-refractivity contribution in [1.29, 1.82) is 0 Å². The molecule has 1 aliphatic carbocycles. The molecule has 0 amide bonds. The van der Waals surface area contributed by atoms with Crippen molar-refractivity contribution >= 4 is 0 Å². The van der Waals surface area contributed by atoms with E-state index in [1.54, 1.807) is 4.90 Å². The summed E-state index contributed by atoms with van der Waals surface area (Å²) in [6.45, 7) is 4.94. The molecule has 0 spiro atoms. The average Bonchev–Trinajstić information content (AvgIpc) is 2.39. The predicted octanol–water partition coefficient (Wildman–Crippen LogP) is 1.13. The summed E-state index contributed by atoms with van der Waals surface area (Å²) in [7, 11) is 2.31. The highest BCUT2D eigenvalue weighted by Crippen LogP contribution is 2.43. The molecule has 1 saturated heterocycles. The van der Waals surface area contributed by atoms with Crippen LogP contribution in [0.2, 0.25) is 0 Å².